The molecule has 0 radical (unpaired) electrons. The number of morpholine rings is 1. The molecule has 1 fully saturated rings. The maximum Gasteiger partial charge on any atom is 0.257 e. The van der Waals surface area contributed by atoms with E-state index < -0.39 is 0 Å². The van der Waals surface area contributed by atoms with Crippen molar-refractivity contribution in [3.05, 3.63) is 11.7 Å². The third kappa shape index (κ3) is 3.29. The SMILES string of the molecule is CCCCC(CC)c1noc(C2CNCCO2)n1. The fourth-order valence-corrected chi connectivity index (χ4v) is 2.23. The zero-order valence-corrected chi connectivity index (χ0v) is 11.3. The number of nitrogens with one attached hydrogen (secondary N) is 1. The Hall–Kier alpha value is -0.940. The number of hydrogen-bond acceptors (Lipinski definition) is 5. The third-order valence-corrected chi connectivity index (χ3v) is 3.42. The van der Waals surface area contributed by atoms with Crippen LogP contribution in [0.2, 0.25) is 0 Å². The Morgan fingerprint density at radius 2 is 2.33 bits per heavy atom. The van der Waals surface area contributed by atoms with Crippen molar-refractivity contribution in [2.75, 3.05) is 19.7 Å². The highest BCUT2D eigenvalue weighted by Crippen LogP contribution is 2.25. The van der Waals surface area contributed by atoms with E-state index in [9.17, 15) is 0 Å². The fourth-order valence-electron chi connectivity index (χ4n) is 2.23. The molecule has 0 amide bonds. The van der Waals surface area contributed by atoms with Crippen molar-refractivity contribution in [3.63, 3.8) is 0 Å². The Balaban J connectivity index is 1.98. The minimum absolute atomic E-state index is 0.0799. The molecule has 2 unspecified atom stereocenters. The number of aromatic nitrogens is 2. The van der Waals surface area contributed by atoms with E-state index >= 15 is 0 Å². The van der Waals surface area contributed by atoms with Crippen LogP contribution < -0.4 is 5.32 Å². The molecule has 18 heavy (non-hydrogen) atoms. The van der Waals surface area contributed by atoms with Gasteiger partial charge >= 0.3 is 0 Å². The van der Waals surface area contributed by atoms with Gasteiger partial charge < -0.3 is 14.6 Å². The summed E-state index contributed by atoms with van der Waals surface area (Å²) in [5.74, 6) is 1.88. The highest BCUT2D eigenvalue weighted by molar-refractivity contribution is 4.98. The molecule has 0 aliphatic carbocycles. The van der Waals surface area contributed by atoms with Crippen LogP contribution in [0.5, 0.6) is 0 Å². The van der Waals surface area contributed by atoms with Crippen molar-refractivity contribution in [3.8, 4) is 0 Å². The molecular formula is C13H23N3O2. The molecule has 1 aliphatic rings. The van der Waals surface area contributed by atoms with E-state index in [1.807, 2.05) is 0 Å². The van der Waals surface area contributed by atoms with Gasteiger partial charge in [0.25, 0.3) is 5.89 Å². The first-order chi connectivity index (χ1) is 8.85. The Labute approximate surface area is 108 Å². The monoisotopic (exact) mass is 253 g/mol. The summed E-state index contributed by atoms with van der Waals surface area (Å²) in [6.45, 7) is 6.74. The predicted octanol–water partition coefficient (Wildman–Crippen LogP) is 2.41. The van der Waals surface area contributed by atoms with E-state index in [0.29, 0.717) is 18.4 Å². The van der Waals surface area contributed by atoms with E-state index in [1.165, 1.54) is 12.8 Å². The van der Waals surface area contributed by atoms with E-state index in [-0.39, 0.29) is 6.10 Å². The summed E-state index contributed by atoms with van der Waals surface area (Å²) in [4.78, 5) is 4.52. The quantitative estimate of drug-likeness (QED) is 0.843. The van der Waals surface area contributed by atoms with Crippen molar-refractivity contribution in [2.45, 2.75) is 51.6 Å². The number of hydrogen-bond donors (Lipinski definition) is 1. The van der Waals surface area contributed by atoms with E-state index in [4.69, 9.17) is 9.26 Å². The summed E-state index contributed by atoms with van der Waals surface area (Å²) in [6.07, 6.45) is 4.53. The second kappa shape index (κ2) is 6.85. The third-order valence-electron chi connectivity index (χ3n) is 3.42. The molecule has 1 N–H and O–H groups in total. The number of rotatable bonds is 6. The van der Waals surface area contributed by atoms with Gasteiger partial charge in [0.2, 0.25) is 0 Å². The van der Waals surface area contributed by atoms with Crippen LogP contribution in [0.25, 0.3) is 0 Å². The normalized spacial score (nSPS) is 22.0. The van der Waals surface area contributed by atoms with Crippen LogP contribution in [0.1, 0.15) is 63.3 Å². The second-order valence-corrected chi connectivity index (χ2v) is 4.80. The van der Waals surface area contributed by atoms with Crippen molar-refractivity contribution in [1.82, 2.24) is 15.5 Å². The van der Waals surface area contributed by atoms with Crippen molar-refractivity contribution >= 4 is 0 Å². The van der Waals surface area contributed by atoms with Gasteiger partial charge in [0.05, 0.1) is 6.61 Å². The maximum absolute atomic E-state index is 5.61. The lowest BCUT2D eigenvalue weighted by molar-refractivity contribution is 0.00755. The number of nitrogens with zero attached hydrogens (tertiary/aromatic N) is 2. The lowest BCUT2D eigenvalue weighted by Gasteiger charge is -2.20. The predicted molar refractivity (Wildman–Crippen MR) is 68.4 cm³/mol. The molecule has 0 saturated carbocycles. The zero-order valence-electron chi connectivity index (χ0n) is 11.3. The minimum atomic E-state index is -0.0799. The van der Waals surface area contributed by atoms with Crippen LogP contribution in [0.15, 0.2) is 4.52 Å². The van der Waals surface area contributed by atoms with Gasteiger partial charge in [0, 0.05) is 19.0 Å². The van der Waals surface area contributed by atoms with Gasteiger partial charge in [-0.3, -0.25) is 0 Å². The summed E-state index contributed by atoms with van der Waals surface area (Å²) in [5, 5.41) is 7.39. The standard InChI is InChI=1S/C13H23N3O2/c1-3-5-6-10(4-2)12-15-13(18-16-12)11-9-14-7-8-17-11/h10-11,14H,3-9H2,1-2H3. The average Bonchev–Trinajstić information content (AvgIpc) is 2.90. The molecule has 1 saturated heterocycles. The smallest absolute Gasteiger partial charge is 0.257 e. The van der Waals surface area contributed by atoms with Crippen LogP contribution in [0.4, 0.5) is 0 Å². The summed E-state index contributed by atoms with van der Waals surface area (Å²) in [5.41, 5.74) is 0. The molecule has 2 atom stereocenters. The van der Waals surface area contributed by atoms with E-state index in [0.717, 1.165) is 31.8 Å². The molecule has 0 bridgehead atoms. The lowest BCUT2D eigenvalue weighted by Crippen LogP contribution is -2.33. The fraction of sp³-hybridized carbons (Fsp3) is 0.846. The first-order valence-corrected chi connectivity index (χ1v) is 7.01. The minimum Gasteiger partial charge on any atom is -0.366 e. The Bertz CT molecular complexity index is 348. The Morgan fingerprint density at radius 3 is 3.00 bits per heavy atom. The molecule has 5 heteroatoms. The van der Waals surface area contributed by atoms with Crippen LogP contribution in [0.3, 0.4) is 0 Å². The van der Waals surface area contributed by atoms with Crippen molar-refractivity contribution in [2.24, 2.45) is 0 Å². The van der Waals surface area contributed by atoms with Crippen LogP contribution in [-0.4, -0.2) is 29.8 Å². The zero-order chi connectivity index (χ0) is 12.8. The summed E-state index contributed by atoms with van der Waals surface area (Å²) >= 11 is 0. The Morgan fingerprint density at radius 1 is 1.44 bits per heavy atom. The summed E-state index contributed by atoms with van der Waals surface area (Å²) in [6, 6.07) is 0. The van der Waals surface area contributed by atoms with Crippen molar-refractivity contribution < 1.29 is 9.26 Å². The number of unbranched alkanes of at least 4 members (excludes halogenated alkanes) is 1. The van der Waals surface area contributed by atoms with Gasteiger partial charge in [-0.2, -0.15) is 4.98 Å². The van der Waals surface area contributed by atoms with Crippen molar-refractivity contribution in [1.29, 1.82) is 0 Å². The highest BCUT2D eigenvalue weighted by atomic mass is 16.5. The highest BCUT2D eigenvalue weighted by Gasteiger charge is 2.24. The largest absolute Gasteiger partial charge is 0.366 e. The van der Waals surface area contributed by atoms with Gasteiger partial charge in [-0.05, 0) is 12.8 Å². The second-order valence-electron chi connectivity index (χ2n) is 4.80. The van der Waals surface area contributed by atoms with Gasteiger partial charge in [-0.25, -0.2) is 0 Å². The van der Waals surface area contributed by atoms with Crippen LogP contribution in [0, 0.1) is 0 Å². The molecule has 0 spiro atoms. The van der Waals surface area contributed by atoms with Gasteiger partial charge in [0.15, 0.2) is 5.82 Å². The number of ether oxygens (including phenoxy) is 1. The molecule has 2 rings (SSSR count). The maximum atomic E-state index is 5.61. The topological polar surface area (TPSA) is 60.2 Å². The molecule has 102 valence electrons. The Kier molecular flexibility index (Phi) is 5.13. The van der Waals surface area contributed by atoms with E-state index in [1.54, 1.807) is 0 Å². The molecule has 1 aromatic heterocycles. The van der Waals surface area contributed by atoms with Gasteiger partial charge in [-0.1, -0.05) is 31.8 Å². The molecular weight excluding hydrogens is 230 g/mol. The van der Waals surface area contributed by atoms with Crippen LogP contribution in [-0.2, 0) is 4.74 Å². The lowest BCUT2D eigenvalue weighted by atomic mass is 9.99. The molecule has 1 aliphatic heterocycles. The molecule has 5 nitrogen and oxygen atoms in total. The summed E-state index contributed by atoms with van der Waals surface area (Å²) < 4.78 is 11.0. The van der Waals surface area contributed by atoms with Gasteiger partial charge in [0.1, 0.15) is 6.10 Å². The summed E-state index contributed by atoms with van der Waals surface area (Å²) in [7, 11) is 0. The van der Waals surface area contributed by atoms with Gasteiger partial charge in [-0.15, -0.1) is 0 Å². The van der Waals surface area contributed by atoms with E-state index in [2.05, 4.69) is 29.3 Å². The van der Waals surface area contributed by atoms with Crippen LogP contribution >= 0.6 is 0 Å². The molecule has 2 heterocycles. The first-order valence-electron chi connectivity index (χ1n) is 7.01. The molecule has 1 aromatic rings. The molecule has 0 aromatic carbocycles. The average molecular weight is 253 g/mol. The first kappa shape index (κ1) is 13.5.